The van der Waals surface area contributed by atoms with Crippen LogP contribution in [0.3, 0.4) is 0 Å². The molecule has 0 aliphatic rings. The first-order valence-electron chi connectivity index (χ1n) is 6.51. The van der Waals surface area contributed by atoms with Gasteiger partial charge in [-0.1, -0.05) is 30.2 Å². The molecule has 1 aromatic carbocycles. The van der Waals surface area contributed by atoms with E-state index in [1.807, 2.05) is 12.1 Å². The Morgan fingerprint density at radius 3 is 2.50 bits per heavy atom. The molecule has 0 unspecified atom stereocenters. The van der Waals surface area contributed by atoms with Crippen LogP contribution in [0.4, 0.5) is 0 Å². The highest BCUT2D eigenvalue weighted by molar-refractivity contribution is 6.30. The molecular formula is C15H18ClNO3. The van der Waals surface area contributed by atoms with Crippen molar-refractivity contribution in [2.45, 2.75) is 25.7 Å². The Bertz CT molecular complexity index is 469. The van der Waals surface area contributed by atoms with E-state index in [4.69, 9.17) is 16.7 Å². The normalized spacial score (nSPS) is 10.7. The van der Waals surface area contributed by atoms with E-state index in [-0.39, 0.29) is 12.3 Å². The summed E-state index contributed by atoms with van der Waals surface area (Å²) in [7, 11) is 0. The molecule has 1 rings (SSSR count). The summed E-state index contributed by atoms with van der Waals surface area (Å²) in [6.07, 6.45) is 5.61. The molecule has 0 saturated heterocycles. The lowest BCUT2D eigenvalue weighted by Crippen LogP contribution is -2.22. The number of aliphatic carboxylic acids is 1. The van der Waals surface area contributed by atoms with Gasteiger partial charge in [0.2, 0.25) is 5.91 Å². The van der Waals surface area contributed by atoms with Crippen LogP contribution in [0.1, 0.15) is 31.2 Å². The van der Waals surface area contributed by atoms with Crippen LogP contribution in [0.5, 0.6) is 0 Å². The molecule has 0 heterocycles. The fourth-order valence-electron chi connectivity index (χ4n) is 1.59. The van der Waals surface area contributed by atoms with Crippen molar-refractivity contribution >= 4 is 29.6 Å². The molecule has 1 aromatic rings. The molecule has 0 fully saturated rings. The Morgan fingerprint density at radius 1 is 1.15 bits per heavy atom. The minimum atomic E-state index is -0.778. The van der Waals surface area contributed by atoms with E-state index in [0.717, 1.165) is 18.4 Å². The highest BCUT2D eigenvalue weighted by Crippen LogP contribution is 2.10. The minimum absolute atomic E-state index is 0.154. The summed E-state index contributed by atoms with van der Waals surface area (Å²) in [4.78, 5) is 21.8. The molecule has 0 atom stereocenters. The fraction of sp³-hybridized carbons (Fsp3) is 0.333. The maximum Gasteiger partial charge on any atom is 0.303 e. The SMILES string of the molecule is O=C(O)CCCCCNC(=O)/C=C/c1ccc(Cl)cc1. The predicted molar refractivity (Wildman–Crippen MR) is 79.6 cm³/mol. The largest absolute Gasteiger partial charge is 0.481 e. The van der Waals surface area contributed by atoms with Gasteiger partial charge < -0.3 is 10.4 Å². The van der Waals surface area contributed by atoms with E-state index in [0.29, 0.717) is 18.0 Å². The molecule has 0 saturated carbocycles. The Labute approximate surface area is 123 Å². The number of carboxylic acids is 1. The molecular weight excluding hydrogens is 278 g/mol. The third-order valence-corrected chi connectivity index (χ3v) is 2.92. The smallest absolute Gasteiger partial charge is 0.303 e. The van der Waals surface area contributed by atoms with Crippen molar-refractivity contribution in [3.8, 4) is 0 Å². The monoisotopic (exact) mass is 295 g/mol. The molecule has 5 heteroatoms. The number of amides is 1. The van der Waals surface area contributed by atoms with Crippen LogP contribution in [0, 0.1) is 0 Å². The Hall–Kier alpha value is -1.81. The topological polar surface area (TPSA) is 66.4 Å². The van der Waals surface area contributed by atoms with Gasteiger partial charge in [-0.15, -0.1) is 0 Å². The number of benzene rings is 1. The van der Waals surface area contributed by atoms with Gasteiger partial charge in [-0.2, -0.15) is 0 Å². The molecule has 20 heavy (non-hydrogen) atoms. The molecule has 1 amide bonds. The molecule has 4 nitrogen and oxygen atoms in total. The van der Waals surface area contributed by atoms with E-state index in [1.54, 1.807) is 18.2 Å². The van der Waals surface area contributed by atoms with Gasteiger partial charge in [0.15, 0.2) is 0 Å². The van der Waals surface area contributed by atoms with Crippen LogP contribution >= 0.6 is 11.6 Å². The number of unbranched alkanes of at least 4 members (excludes halogenated alkanes) is 2. The van der Waals surface area contributed by atoms with E-state index in [2.05, 4.69) is 5.32 Å². The van der Waals surface area contributed by atoms with Crippen molar-refractivity contribution in [3.05, 3.63) is 40.9 Å². The number of carbonyl (C=O) groups excluding carboxylic acids is 1. The van der Waals surface area contributed by atoms with E-state index >= 15 is 0 Å². The quantitative estimate of drug-likeness (QED) is 0.572. The molecule has 0 bridgehead atoms. The number of halogens is 1. The van der Waals surface area contributed by atoms with Crippen LogP contribution < -0.4 is 5.32 Å². The summed E-state index contributed by atoms with van der Waals surface area (Å²) in [6.45, 7) is 0.559. The van der Waals surface area contributed by atoms with Gasteiger partial charge in [0.1, 0.15) is 0 Å². The molecule has 0 spiro atoms. The minimum Gasteiger partial charge on any atom is -0.481 e. The van der Waals surface area contributed by atoms with Crippen LogP contribution in [0.15, 0.2) is 30.3 Å². The molecule has 0 aliphatic carbocycles. The van der Waals surface area contributed by atoms with Gasteiger partial charge >= 0.3 is 5.97 Å². The van der Waals surface area contributed by atoms with E-state index < -0.39 is 5.97 Å². The van der Waals surface area contributed by atoms with Crippen molar-refractivity contribution in [3.63, 3.8) is 0 Å². The third-order valence-electron chi connectivity index (χ3n) is 2.66. The summed E-state index contributed by atoms with van der Waals surface area (Å²) in [5.41, 5.74) is 0.908. The van der Waals surface area contributed by atoms with Gasteiger partial charge in [-0.05, 0) is 36.6 Å². The first kappa shape index (κ1) is 16.2. The number of carbonyl (C=O) groups is 2. The number of hydrogen-bond acceptors (Lipinski definition) is 2. The fourth-order valence-corrected chi connectivity index (χ4v) is 1.72. The lowest BCUT2D eigenvalue weighted by atomic mass is 10.2. The lowest BCUT2D eigenvalue weighted by molar-refractivity contribution is -0.137. The number of nitrogens with one attached hydrogen (secondary N) is 1. The van der Waals surface area contributed by atoms with Gasteiger partial charge in [0.05, 0.1) is 0 Å². The zero-order chi connectivity index (χ0) is 14.8. The van der Waals surface area contributed by atoms with Crippen LogP contribution in [0.2, 0.25) is 5.02 Å². The maximum atomic E-state index is 11.5. The molecule has 0 aliphatic heterocycles. The molecule has 2 N–H and O–H groups in total. The van der Waals surface area contributed by atoms with Gasteiger partial charge in [0.25, 0.3) is 0 Å². The van der Waals surface area contributed by atoms with Crippen LogP contribution in [-0.4, -0.2) is 23.5 Å². The summed E-state index contributed by atoms with van der Waals surface area (Å²) in [5, 5.41) is 11.9. The first-order valence-corrected chi connectivity index (χ1v) is 6.89. The van der Waals surface area contributed by atoms with Crippen LogP contribution in [-0.2, 0) is 9.59 Å². The van der Waals surface area contributed by atoms with Crippen molar-refractivity contribution in [1.82, 2.24) is 5.32 Å². The number of rotatable bonds is 8. The highest BCUT2D eigenvalue weighted by Gasteiger charge is 1.98. The highest BCUT2D eigenvalue weighted by atomic mass is 35.5. The van der Waals surface area contributed by atoms with Crippen LogP contribution in [0.25, 0.3) is 6.08 Å². The van der Waals surface area contributed by atoms with Crippen molar-refractivity contribution in [1.29, 1.82) is 0 Å². The number of hydrogen-bond donors (Lipinski definition) is 2. The molecule has 0 radical (unpaired) electrons. The molecule has 0 aromatic heterocycles. The summed E-state index contributed by atoms with van der Waals surface area (Å²) in [5.74, 6) is -0.932. The Morgan fingerprint density at radius 2 is 1.85 bits per heavy atom. The summed E-state index contributed by atoms with van der Waals surface area (Å²) >= 11 is 5.76. The van der Waals surface area contributed by atoms with Crippen molar-refractivity contribution in [2.24, 2.45) is 0 Å². The Kier molecular flexibility index (Phi) is 7.43. The van der Waals surface area contributed by atoms with Gasteiger partial charge in [0, 0.05) is 24.1 Å². The summed E-state index contributed by atoms with van der Waals surface area (Å²) in [6, 6.07) is 7.19. The number of carboxylic acid groups (broad SMARTS) is 1. The average molecular weight is 296 g/mol. The molecule has 108 valence electrons. The van der Waals surface area contributed by atoms with Gasteiger partial charge in [-0.3, -0.25) is 9.59 Å². The van der Waals surface area contributed by atoms with Crippen molar-refractivity contribution in [2.75, 3.05) is 6.54 Å². The second kappa shape index (κ2) is 9.15. The standard InChI is InChI=1S/C15H18ClNO3/c16-13-8-5-12(6-9-13)7-10-14(18)17-11-3-1-2-4-15(19)20/h5-10H,1-4,11H2,(H,17,18)(H,19,20)/b10-7+. The zero-order valence-electron chi connectivity index (χ0n) is 11.1. The van der Waals surface area contributed by atoms with E-state index in [1.165, 1.54) is 6.08 Å². The maximum absolute atomic E-state index is 11.5. The summed E-state index contributed by atoms with van der Waals surface area (Å²) < 4.78 is 0. The Balaban J connectivity index is 2.17. The lowest BCUT2D eigenvalue weighted by Gasteiger charge is -2.01. The first-order chi connectivity index (χ1) is 9.58. The average Bonchev–Trinajstić information content (AvgIpc) is 2.41. The third kappa shape index (κ3) is 7.59. The van der Waals surface area contributed by atoms with E-state index in [9.17, 15) is 9.59 Å². The second-order valence-electron chi connectivity index (χ2n) is 4.38. The second-order valence-corrected chi connectivity index (χ2v) is 4.82. The van der Waals surface area contributed by atoms with Gasteiger partial charge in [-0.25, -0.2) is 0 Å². The zero-order valence-corrected chi connectivity index (χ0v) is 11.9. The predicted octanol–water partition coefficient (Wildman–Crippen LogP) is 3.11. The van der Waals surface area contributed by atoms with Crippen molar-refractivity contribution < 1.29 is 14.7 Å².